The van der Waals surface area contributed by atoms with Gasteiger partial charge in [0.2, 0.25) is 0 Å². The molecule has 7 heteroatoms. The summed E-state index contributed by atoms with van der Waals surface area (Å²) in [6.45, 7) is 0. The molecule has 2 N–H and O–H groups in total. The highest BCUT2D eigenvalue weighted by atomic mass is 19.4. The van der Waals surface area contributed by atoms with Gasteiger partial charge in [-0.2, -0.15) is 13.2 Å². The number of nitrogens with one attached hydrogen (secondary N) is 2. The molecule has 0 radical (unpaired) electrons. The molecular weight excluding hydrogens is 331 g/mol. The van der Waals surface area contributed by atoms with Gasteiger partial charge in [-0.05, 0) is 43.5 Å². The molecule has 2 aromatic rings. The average molecular weight is 349 g/mol. The second kappa shape index (κ2) is 7.13. The first-order valence-electron chi connectivity index (χ1n) is 8.09. The van der Waals surface area contributed by atoms with Crippen LogP contribution in [-0.4, -0.2) is 23.0 Å². The van der Waals surface area contributed by atoms with E-state index in [1.54, 1.807) is 24.3 Å². The molecule has 25 heavy (non-hydrogen) atoms. The molecule has 4 nitrogen and oxygen atoms in total. The summed E-state index contributed by atoms with van der Waals surface area (Å²) in [5.41, 5.74) is -0.195. The largest absolute Gasteiger partial charge is 0.417 e. The fraction of sp³-hybridized carbons (Fsp3) is 0.333. The molecule has 1 heterocycles. The standard InChI is InChI=1S/C18H18F3N3O/c19-18(20,21)13-9-10-16(22-11-13)23-14-7-4-8-15(14)24-17(25)12-5-2-1-3-6-12/h1-3,5-6,9-11,14-15H,4,7-8H2,(H,22,23)(H,24,25)/t14-,15-/m0/s1. The highest BCUT2D eigenvalue weighted by Crippen LogP contribution is 2.29. The van der Waals surface area contributed by atoms with Gasteiger partial charge in [-0.25, -0.2) is 4.98 Å². The Labute approximate surface area is 143 Å². The Balaban J connectivity index is 1.63. The third-order valence-electron chi connectivity index (χ3n) is 4.29. The number of hydrogen-bond donors (Lipinski definition) is 2. The van der Waals surface area contributed by atoms with Crippen LogP contribution in [0.25, 0.3) is 0 Å². The number of pyridine rings is 1. The zero-order chi connectivity index (χ0) is 17.9. The molecule has 0 aliphatic heterocycles. The number of carbonyl (C=O) groups excluding carboxylic acids is 1. The summed E-state index contributed by atoms with van der Waals surface area (Å²) in [7, 11) is 0. The van der Waals surface area contributed by atoms with Gasteiger partial charge < -0.3 is 10.6 Å². The lowest BCUT2D eigenvalue weighted by Crippen LogP contribution is -2.43. The predicted molar refractivity (Wildman–Crippen MR) is 88.2 cm³/mol. The van der Waals surface area contributed by atoms with E-state index in [0.717, 1.165) is 31.5 Å². The first kappa shape index (κ1) is 17.3. The molecule has 1 aliphatic carbocycles. The third kappa shape index (κ3) is 4.29. The first-order chi connectivity index (χ1) is 11.9. The zero-order valence-electron chi connectivity index (χ0n) is 13.4. The Bertz CT molecular complexity index is 717. The Morgan fingerprint density at radius 3 is 2.40 bits per heavy atom. The Hall–Kier alpha value is -2.57. The Morgan fingerprint density at radius 2 is 1.76 bits per heavy atom. The maximum absolute atomic E-state index is 12.6. The molecule has 1 aliphatic rings. The summed E-state index contributed by atoms with van der Waals surface area (Å²) in [5.74, 6) is 0.221. The number of amides is 1. The molecular formula is C18H18F3N3O. The van der Waals surface area contributed by atoms with Crippen molar-refractivity contribution in [3.05, 3.63) is 59.8 Å². The van der Waals surface area contributed by atoms with E-state index in [-0.39, 0.29) is 18.0 Å². The van der Waals surface area contributed by atoms with E-state index >= 15 is 0 Å². The monoisotopic (exact) mass is 349 g/mol. The van der Waals surface area contributed by atoms with Crippen molar-refractivity contribution in [2.75, 3.05) is 5.32 Å². The van der Waals surface area contributed by atoms with E-state index in [9.17, 15) is 18.0 Å². The van der Waals surface area contributed by atoms with E-state index in [0.29, 0.717) is 11.4 Å². The lowest BCUT2D eigenvalue weighted by atomic mass is 10.1. The molecule has 1 aromatic carbocycles. The number of carbonyl (C=O) groups is 1. The smallest absolute Gasteiger partial charge is 0.365 e. The van der Waals surface area contributed by atoms with Crippen LogP contribution in [0.3, 0.4) is 0 Å². The van der Waals surface area contributed by atoms with E-state index in [1.165, 1.54) is 6.07 Å². The van der Waals surface area contributed by atoms with Gasteiger partial charge in [0.1, 0.15) is 5.82 Å². The second-order valence-corrected chi connectivity index (χ2v) is 6.06. The minimum atomic E-state index is -4.40. The van der Waals surface area contributed by atoms with Gasteiger partial charge in [0.15, 0.2) is 0 Å². The lowest BCUT2D eigenvalue weighted by molar-refractivity contribution is -0.137. The first-order valence-corrected chi connectivity index (χ1v) is 8.09. The highest BCUT2D eigenvalue weighted by molar-refractivity contribution is 5.94. The molecule has 132 valence electrons. The SMILES string of the molecule is O=C(N[C@H]1CCC[C@@H]1Nc1ccc(C(F)(F)F)cn1)c1ccccc1. The van der Waals surface area contributed by atoms with Crippen molar-refractivity contribution in [3.63, 3.8) is 0 Å². The number of benzene rings is 1. The summed E-state index contributed by atoms with van der Waals surface area (Å²) in [6, 6.07) is 11.1. The van der Waals surface area contributed by atoms with Gasteiger partial charge in [-0.3, -0.25) is 4.79 Å². The Morgan fingerprint density at radius 1 is 1.04 bits per heavy atom. The number of rotatable bonds is 4. The zero-order valence-corrected chi connectivity index (χ0v) is 13.4. The van der Waals surface area contributed by atoms with Crippen molar-refractivity contribution < 1.29 is 18.0 Å². The van der Waals surface area contributed by atoms with Gasteiger partial charge in [-0.15, -0.1) is 0 Å². The normalized spacial score (nSPS) is 20.3. The summed E-state index contributed by atoms with van der Waals surface area (Å²) in [6.07, 6.45) is -1.02. The molecule has 1 fully saturated rings. The van der Waals surface area contributed by atoms with Crippen molar-refractivity contribution in [1.82, 2.24) is 10.3 Å². The van der Waals surface area contributed by atoms with E-state index in [2.05, 4.69) is 15.6 Å². The molecule has 3 rings (SSSR count). The molecule has 1 aromatic heterocycles. The lowest BCUT2D eigenvalue weighted by Gasteiger charge is -2.23. The second-order valence-electron chi connectivity index (χ2n) is 6.06. The van der Waals surface area contributed by atoms with Crippen LogP contribution in [0.2, 0.25) is 0 Å². The van der Waals surface area contributed by atoms with Gasteiger partial charge >= 0.3 is 6.18 Å². The molecule has 0 saturated heterocycles. The van der Waals surface area contributed by atoms with E-state index in [4.69, 9.17) is 0 Å². The van der Waals surface area contributed by atoms with Gasteiger partial charge in [-0.1, -0.05) is 18.2 Å². The van der Waals surface area contributed by atoms with Crippen LogP contribution in [0.15, 0.2) is 48.7 Å². The summed E-state index contributed by atoms with van der Waals surface area (Å²) >= 11 is 0. The quantitative estimate of drug-likeness (QED) is 0.881. The number of hydrogen-bond acceptors (Lipinski definition) is 3. The summed E-state index contributed by atoms with van der Waals surface area (Å²) in [4.78, 5) is 16.1. The predicted octanol–water partition coefficient (Wildman–Crippen LogP) is 3.86. The maximum atomic E-state index is 12.6. The van der Waals surface area contributed by atoms with Crippen molar-refractivity contribution >= 4 is 11.7 Å². The minimum Gasteiger partial charge on any atom is -0.365 e. The van der Waals surface area contributed by atoms with Gasteiger partial charge in [0.05, 0.1) is 5.56 Å². The number of nitrogens with zero attached hydrogens (tertiary/aromatic N) is 1. The molecule has 1 saturated carbocycles. The van der Waals surface area contributed by atoms with Crippen molar-refractivity contribution in [3.8, 4) is 0 Å². The van der Waals surface area contributed by atoms with Crippen molar-refractivity contribution in [2.24, 2.45) is 0 Å². The number of aromatic nitrogens is 1. The van der Waals surface area contributed by atoms with Crippen LogP contribution in [0.5, 0.6) is 0 Å². The van der Waals surface area contributed by atoms with E-state index in [1.807, 2.05) is 6.07 Å². The van der Waals surface area contributed by atoms with Crippen LogP contribution in [0, 0.1) is 0 Å². The van der Waals surface area contributed by atoms with Crippen LogP contribution in [-0.2, 0) is 6.18 Å². The van der Waals surface area contributed by atoms with Crippen LogP contribution < -0.4 is 10.6 Å². The topological polar surface area (TPSA) is 54.0 Å². The van der Waals surface area contributed by atoms with Crippen LogP contribution in [0.1, 0.15) is 35.2 Å². The number of alkyl halides is 3. The summed E-state index contributed by atoms with van der Waals surface area (Å²) < 4.78 is 37.7. The Kier molecular flexibility index (Phi) is 4.92. The minimum absolute atomic E-state index is 0.0584. The third-order valence-corrected chi connectivity index (χ3v) is 4.29. The average Bonchev–Trinajstić information content (AvgIpc) is 3.02. The van der Waals surface area contributed by atoms with Gasteiger partial charge in [0.25, 0.3) is 5.91 Å². The fourth-order valence-electron chi connectivity index (χ4n) is 2.98. The van der Waals surface area contributed by atoms with E-state index < -0.39 is 11.7 Å². The summed E-state index contributed by atoms with van der Waals surface area (Å²) in [5, 5.41) is 6.13. The van der Waals surface area contributed by atoms with Crippen molar-refractivity contribution in [2.45, 2.75) is 37.5 Å². The maximum Gasteiger partial charge on any atom is 0.417 e. The molecule has 0 unspecified atom stereocenters. The molecule has 2 atom stereocenters. The highest BCUT2D eigenvalue weighted by Gasteiger charge is 2.32. The number of halogens is 3. The van der Waals surface area contributed by atoms with Crippen LogP contribution >= 0.6 is 0 Å². The van der Waals surface area contributed by atoms with Crippen molar-refractivity contribution in [1.29, 1.82) is 0 Å². The fourth-order valence-corrected chi connectivity index (χ4v) is 2.98. The molecule has 0 bridgehead atoms. The molecule has 1 amide bonds. The number of anilines is 1. The molecule has 0 spiro atoms. The van der Waals surface area contributed by atoms with Gasteiger partial charge in [0, 0.05) is 23.8 Å². The van der Waals surface area contributed by atoms with Crippen LogP contribution in [0.4, 0.5) is 19.0 Å².